The van der Waals surface area contributed by atoms with Crippen LogP contribution in [0.4, 0.5) is 17.1 Å². The third kappa shape index (κ3) is 5.04. The van der Waals surface area contributed by atoms with Crippen LogP contribution in [0.1, 0.15) is 49.9 Å². The summed E-state index contributed by atoms with van der Waals surface area (Å²) in [6, 6.07) is 65.1. The average Bonchev–Trinajstić information content (AvgIpc) is 3.97. The number of para-hydroxylation sites is 1. The Balaban J connectivity index is 0.938. The Hall–Kier alpha value is -6.68. The molecule has 8 aromatic carbocycles. The van der Waals surface area contributed by atoms with Crippen molar-refractivity contribution in [3.63, 3.8) is 0 Å². The second kappa shape index (κ2) is 12.4. The summed E-state index contributed by atoms with van der Waals surface area (Å²) >= 11 is 1.86. The maximum Gasteiger partial charge on any atom is 0.139 e. The molecular formula is C56H41NOS. The van der Waals surface area contributed by atoms with Crippen molar-refractivity contribution in [2.24, 2.45) is 0 Å². The summed E-state index contributed by atoms with van der Waals surface area (Å²) < 4.78 is 9.12. The highest BCUT2D eigenvalue weighted by atomic mass is 32.1. The van der Waals surface area contributed by atoms with Gasteiger partial charge in [0.2, 0.25) is 0 Å². The van der Waals surface area contributed by atoms with Gasteiger partial charge in [0, 0.05) is 64.6 Å². The number of furan rings is 1. The van der Waals surface area contributed by atoms with E-state index >= 15 is 0 Å². The number of hydrogen-bond donors (Lipinski definition) is 0. The third-order valence-electron chi connectivity index (χ3n) is 13.3. The fraction of sp³-hybridized carbons (Fsp3) is 0.107. The second-order valence-corrected chi connectivity index (χ2v) is 18.4. The van der Waals surface area contributed by atoms with Gasteiger partial charge in [-0.15, -0.1) is 11.3 Å². The molecule has 2 aliphatic carbocycles. The first-order valence-electron chi connectivity index (χ1n) is 20.6. The van der Waals surface area contributed by atoms with Crippen molar-refractivity contribution in [3.05, 3.63) is 198 Å². The van der Waals surface area contributed by atoms with Crippen LogP contribution in [0.25, 0.3) is 75.8 Å². The van der Waals surface area contributed by atoms with Crippen LogP contribution in [0, 0.1) is 0 Å². The quantitative estimate of drug-likeness (QED) is 0.173. The lowest BCUT2D eigenvalue weighted by atomic mass is 9.80. The van der Waals surface area contributed by atoms with Crippen LogP contribution in [0.15, 0.2) is 180 Å². The summed E-state index contributed by atoms with van der Waals surface area (Å²) in [5, 5.41) is 3.85. The molecule has 3 heteroatoms. The lowest BCUT2D eigenvalue weighted by molar-refractivity contribution is 0.619. The molecule has 2 aliphatic rings. The summed E-state index contributed by atoms with van der Waals surface area (Å²) in [6.45, 7) is 9.37. The predicted molar refractivity (Wildman–Crippen MR) is 250 cm³/mol. The molecule has 0 fully saturated rings. The fourth-order valence-corrected chi connectivity index (χ4v) is 11.3. The Morgan fingerprint density at radius 1 is 0.407 bits per heavy atom. The van der Waals surface area contributed by atoms with Crippen LogP contribution >= 0.6 is 11.3 Å². The van der Waals surface area contributed by atoms with E-state index < -0.39 is 0 Å². The largest absolute Gasteiger partial charge is 0.456 e. The molecule has 2 nitrogen and oxygen atoms in total. The van der Waals surface area contributed by atoms with Gasteiger partial charge in [-0.2, -0.15) is 0 Å². The summed E-state index contributed by atoms with van der Waals surface area (Å²) in [7, 11) is 0. The van der Waals surface area contributed by atoms with Gasteiger partial charge in [0.15, 0.2) is 0 Å². The zero-order valence-corrected chi connectivity index (χ0v) is 34.3. The molecule has 0 unspecified atom stereocenters. The van der Waals surface area contributed by atoms with Crippen molar-refractivity contribution in [2.45, 2.75) is 38.5 Å². The van der Waals surface area contributed by atoms with E-state index in [0.29, 0.717) is 0 Å². The van der Waals surface area contributed by atoms with Gasteiger partial charge < -0.3 is 9.32 Å². The Bertz CT molecular complexity index is 3320. The molecule has 2 heterocycles. The summed E-state index contributed by atoms with van der Waals surface area (Å²) in [5.41, 5.74) is 18.1. The van der Waals surface area contributed by atoms with E-state index in [1.165, 1.54) is 86.8 Å². The highest BCUT2D eigenvalue weighted by Crippen LogP contribution is 2.54. The first kappa shape index (κ1) is 34.4. The molecule has 0 spiro atoms. The van der Waals surface area contributed by atoms with Gasteiger partial charge in [0.05, 0.1) is 0 Å². The number of hydrogen-bond acceptors (Lipinski definition) is 3. The number of nitrogens with zero attached hydrogens (tertiary/aromatic N) is 1. The maximum absolute atomic E-state index is 6.46. The van der Waals surface area contributed by atoms with Crippen molar-refractivity contribution < 1.29 is 4.42 Å². The zero-order valence-electron chi connectivity index (χ0n) is 33.5. The van der Waals surface area contributed by atoms with E-state index in [1.54, 1.807) is 0 Å². The highest BCUT2D eigenvalue weighted by molar-refractivity contribution is 7.25. The van der Waals surface area contributed by atoms with Crippen LogP contribution in [0.2, 0.25) is 0 Å². The van der Waals surface area contributed by atoms with Crippen LogP contribution in [-0.2, 0) is 10.8 Å². The number of fused-ring (bicyclic) bond motifs is 11. The van der Waals surface area contributed by atoms with E-state index in [4.69, 9.17) is 4.42 Å². The standard InChI is InChI=1S/C56H41NOS/c1-55(2)47-14-8-5-11-41(47)42-29-27-40(33-49(42)55)57(38-23-17-34(18-24-38)36-22-30-52-46(31-36)43-12-7-10-16-51(43)59-52)39-25-19-35(20-26-39)37-21-28-44-48(32-37)56(3,4)53-45-13-6-9-15-50(45)58-54(44)53/h5-33H,1-4H3. The van der Waals surface area contributed by atoms with Gasteiger partial charge in [0.1, 0.15) is 11.3 Å². The monoisotopic (exact) mass is 775 g/mol. The topological polar surface area (TPSA) is 16.4 Å². The Morgan fingerprint density at radius 2 is 0.966 bits per heavy atom. The van der Waals surface area contributed by atoms with Gasteiger partial charge in [-0.05, 0) is 117 Å². The van der Waals surface area contributed by atoms with Crippen molar-refractivity contribution >= 4 is 59.5 Å². The summed E-state index contributed by atoms with van der Waals surface area (Å²) in [4.78, 5) is 2.41. The van der Waals surface area contributed by atoms with Crippen LogP contribution in [-0.4, -0.2) is 0 Å². The molecule has 12 rings (SSSR count). The minimum Gasteiger partial charge on any atom is -0.456 e. The molecule has 10 aromatic rings. The third-order valence-corrected chi connectivity index (χ3v) is 14.4. The average molecular weight is 776 g/mol. The summed E-state index contributed by atoms with van der Waals surface area (Å²) in [5.74, 6) is 1.01. The van der Waals surface area contributed by atoms with E-state index in [2.05, 4.69) is 209 Å². The van der Waals surface area contributed by atoms with Crippen molar-refractivity contribution in [1.82, 2.24) is 0 Å². The van der Waals surface area contributed by atoms with Gasteiger partial charge in [-0.25, -0.2) is 0 Å². The fourth-order valence-electron chi connectivity index (χ4n) is 10.2. The molecule has 0 saturated carbocycles. The van der Waals surface area contributed by atoms with E-state index in [-0.39, 0.29) is 10.8 Å². The molecule has 282 valence electrons. The first-order chi connectivity index (χ1) is 28.7. The molecule has 0 bridgehead atoms. The number of thiophene rings is 1. The summed E-state index contributed by atoms with van der Waals surface area (Å²) in [6.07, 6.45) is 0. The predicted octanol–water partition coefficient (Wildman–Crippen LogP) is 16.2. The lowest BCUT2D eigenvalue weighted by Gasteiger charge is -2.28. The van der Waals surface area contributed by atoms with Gasteiger partial charge >= 0.3 is 0 Å². The van der Waals surface area contributed by atoms with E-state index in [9.17, 15) is 0 Å². The zero-order chi connectivity index (χ0) is 39.6. The minimum absolute atomic E-state index is 0.102. The molecule has 0 amide bonds. The van der Waals surface area contributed by atoms with Gasteiger partial charge in [-0.3, -0.25) is 0 Å². The number of rotatable bonds is 5. The molecule has 0 N–H and O–H groups in total. The smallest absolute Gasteiger partial charge is 0.139 e. The molecule has 0 atom stereocenters. The molecular weight excluding hydrogens is 735 g/mol. The van der Waals surface area contributed by atoms with Crippen molar-refractivity contribution in [2.75, 3.05) is 4.90 Å². The highest BCUT2D eigenvalue weighted by Gasteiger charge is 2.40. The minimum atomic E-state index is -0.166. The van der Waals surface area contributed by atoms with Crippen molar-refractivity contribution in [1.29, 1.82) is 0 Å². The van der Waals surface area contributed by atoms with Gasteiger partial charge in [0.25, 0.3) is 0 Å². The normalized spacial score (nSPS) is 14.4. The molecule has 0 aliphatic heterocycles. The molecule has 2 aromatic heterocycles. The Labute approximate surface area is 348 Å². The molecule has 59 heavy (non-hydrogen) atoms. The van der Waals surface area contributed by atoms with Crippen molar-refractivity contribution in [3.8, 4) is 44.7 Å². The SMILES string of the molecule is CC1(C)c2ccccc2-c2ccc(N(c3ccc(-c4ccc5c(c4)C(C)(C)c4c-5oc5ccccc45)cc3)c3ccc(-c4ccc5sc6ccccc6c5c4)cc3)cc21. The van der Waals surface area contributed by atoms with Crippen LogP contribution in [0.3, 0.4) is 0 Å². The molecule has 0 saturated heterocycles. The van der Waals surface area contributed by atoms with Crippen LogP contribution in [0.5, 0.6) is 0 Å². The second-order valence-electron chi connectivity index (χ2n) is 17.3. The first-order valence-corrected chi connectivity index (χ1v) is 21.4. The maximum atomic E-state index is 6.46. The Morgan fingerprint density at radius 3 is 1.75 bits per heavy atom. The molecule has 0 radical (unpaired) electrons. The van der Waals surface area contributed by atoms with E-state index in [1.807, 2.05) is 11.3 Å². The number of benzene rings is 8. The van der Waals surface area contributed by atoms with Gasteiger partial charge in [-0.1, -0.05) is 137 Å². The number of anilines is 3. The van der Waals surface area contributed by atoms with E-state index in [0.717, 1.165) is 28.4 Å². The Kier molecular flexibility index (Phi) is 7.23. The lowest BCUT2D eigenvalue weighted by Crippen LogP contribution is -2.16. The van der Waals surface area contributed by atoms with Crippen LogP contribution < -0.4 is 4.90 Å².